The van der Waals surface area contributed by atoms with Gasteiger partial charge in [-0.25, -0.2) is 0 Å². The summed E-state index contributed by atoms with van der Waals surface area (Å²) in [4.78, 5) is 10.6. The number of halogens is 3. The lowest BCUT2D eigenvalue weighted by Crippen LogP contribution is -2.42. The van der Waals surface area contributed by atoms with Crippen molar-refractivity contribution >= 4 is 27.5 Å². The summed E-state index contributed by atoms with van der Waals surface area (Å²) in [6, 6.07) is 0. The summed E-state index contributed by atoms with van der Waals surface area (Å²) in [5.74, 6) is -1.70. The molecule has 0 aliphatic carbocycles. The average molecular weight is 287 g/mol. The molecule has 0 saturated carbocycles. The molecule has 8 heteroatoms. The van der Waals surface area contributed by atoms with Gasteiger partial charge in [-0.15, -0.1) is 0 Å². The molecule has 0 aliphatic heterocycles. The largest absolute Gasteiger partial charge is 0.471 e. The first kappa shape index (κ1) is 16.3. The molecule has 1 amide bonds. The molecule has 0 fully saturated rings. The van der Waals surface area contributed by atoms with E-state index in [-0.39, 0.29) is 12.5 Å². The maximum atomic E-state index is 11.9. The second-order valence-corrected chi connectivity index (χ2v) is 6.47. The van der Waals surface area contributed by atoms with E-state index < -0.39 is 16.8 Å². The zero-order valence-corrected chi connectivity index (χ0v) is 10.9. The van der Waals surface area contributed by atoms with Gasteiger partial charge in [-0.05, 0) is 13.8 Å². The van der Waals surface area contributed by atoms with E-state index in [2.05, 4.69) is 4.74 Å². The van der Waals surface area contributed by atoms with Crippen LogP contribution in [0.4, 0.5) is 13.2 Å². The third-order valence-corrected chi connectivity index (χ3v) is 4.33. The molecule has 0 aromatic heterocycles. The van der Waals surface area contributed by atoms with Gasteiger partial charge in [0.15, 0.2) is 5.94 Å². The molecule has 0 atom stereocenters. The van der Waals surface area contributed by atoms with Crippen LogP contribution in [0.15, 0.2) is 0 Å². The first-order chi connectivity index (χ1) is 7.69. The third-order valence-electron chi connectivity index (χ3n) is 1.41. The summed E-state index contributed by atoms with van der Waals surface area (Å²) in [6.07, 6.45) is 1.97. The number of hydrogen-bond acceptors (Lipinski definition) is 4. The number of rotatable bonds is 6. The van der Waals surface area contributed by atoms with Crippen molar-refractivity contribution in [1.82, 2.24) is 5.32 Å². The number of amides is 1. The molecule has 0 spiro atoms. The van der Waals surface area contributed by atoms with Gasteiger partial charge in [-0.1, -0.05) is 28.0 Å². The summed E-state index contributed by atoms with van der Waals surface area (Å²) in [5, 5.41) is 1.82. The molecular formula is C9H12F3NO2S2. The molecule has 0 bridgehead atoms. The van der Waals surface area contributed by atoms with Crippen molar-refractivity contribution in [2.45, 2.75) is 24.8 Å². The number of nitrogens with one attached hydrogen (secondary N) is 1. The molecule has 1 N–H and O–H groups in total. The van der Waals surface area contributed by atoms with Gasteiger partial charge in [-0.3, -0.25) is 4.79 Å². The van der Waals surface area contributed by atoms with Crippen molar-refractivity contribution in [1.29, 1.82) is 0 Å². The molecule has 0 saturated heterocycles. The standard InChI is InChI=1S/C9H12F3NO2S2/c1-4-15-6-16-17-8(2,3)5-13-7(14)9(10,11)12/h1H,5-6H2,2-3H3,(H,13,14). The smallest absolute Gasteiger partial charge is 0.435 e. The lowest BCUT2D eigenvalue weighted by molar-refractivity contribution is -0.173. The Morgan fingerprint density at radius 3 is 2.53 bits per heavy atom. The van der Waals surface area contributed by atoms with Crippen LogP contribution in [0.25, 0.3) is 0 Å². The first-order valence-electron chi connectivity index (χ1n) is 4.42. The number of terminal acetylenes is 1. The van der Waals surface area contributed by atoms with Crippen LogP contribution in [-0.2, 0) is 9.53 Å². The first-order valence-corrected chi connectivity index (χ1v) is 6.74. The normalized spacial score (nSPS) is 11.8. The Bertz CT molecular complexity index is 300. The highest BCUT2D eigenvalue weighted by atomic mass is 33.1. The Kier molecular flexibility index (Phi) is 6.64. The van der Waals surface area contributed by atoms with Crippen LogP contribution < -0.4 is 5.32 Å². The van der Waals surface area contributed by atoms with Gasteiger partial charge in [-0.2, -0.15) is 13.2 Å². The van der Waals surface area contributed by atoms with Gasteiger partial charge in [0.25, 0.3) is 0 Å². The fraction of sp³-hybridized carbons (Fsp3) is 0.667. The minimum atomic E-state index is -4.85. The summed E-state index contributed by atoms with van der Waals surface area (Å²) >= 11 is 0. The van der Waals surface area contributed by atoms with Gasteiger partial charge < -0.3 is 10.1 Å². The van der Waals surface area contributed by atoms with E-state index in [4.69, 9.17) is 6.42 Å². The van der Waals surface area contributed by atoms with Crippen LogP contribution in [0.5, 0.6) is 0 Å². The van der Waals surface area contributed by atoms with Crippen LogP contribution in [0, 0.1) is 12.5 Å². The molecular weight excluding hydrogens is 275 g/mol. The van der Waals surface area contributed by atoms with Gasteiger partial charge in [0.1, 0.15) is 6.11 Å². The van der Waals surface area contributed by atoms with Crippen LogP contribution >= 0.6 is 21.6 Å². The van der Waals surface area contributed by atoms with Crippen molar-refractivity contribution in [3.05, 3.63) is 0 Å². The molecule has 0 aliphatic rings. The van der Waals surface area contributed by atoms with Crippen molar-refractivity contribution < 1.29 is 22.7 Å². The quantitative estimate of drug-likeness (QED) is 0.352. The van der Waals surface area contributed by atoms with Crippen LogP contribution in [0.3, 0.4) is 0 Å². The lowest BCUT2D eigenvalue weighted by atomic mass is 10.2. The fourth-order valence-electron chi connectivity index (χ4n) is 0.664. The Balaban J connectivity index is 3.94. The van der Waals surface area contributed by atoms with E-state index in [1.807, 2.05) is 11.4 Å². The Hall–Kier alpha value is -0.680. The molecule has 0 heterocycles. The van der Waals surface area contributed by atoms with E-state index >= 15 is 0 Å². The van der Waals surface area contributed by atoms with E-state index in [1.165, 1.54) is 21.6 Å². The maximum absolute atomic E-state index is 11.9. The summed E-state index contributed by atoms with van der Waals surface area (Å²) in [6.45, 7) is 3.31. The predicted octanol–water partition coefficient (Wildman–Crippen LogP) is 2.39. The monoisotopic (exact) mass is 287 g/mol. The summed E-state index contributed by atoms with van der Waals surface area (Å²) < 4.78 is 39.8. The topological polar surface area (TPSA) is 38.3 Å². The molecule has 0 radical (unpaired) electrons. The molecule has 0 rings (SSSR count). The Morgan fingerprint density at radius 1 is 1.47 bits per heavy atom. The number of hydrogen-bond donors (Lipinski definition) is 1. The number of carbonyl (C=O) groups is 1. The SMILES string of the molecule is C#COCSSC(C)(C)CNC(=O)C(F)(F)F. The van der Waals surface area contributed by atoms with Crippen molar-refractivity contribution in [3.8, 4) is 12.5 Å². The van der Waals surface area contributed by atoms with Crippen molar-refractivity contribution in [2.75, 3.05) is 12.5 Å². The number of alkyl halides is 3. The maximum Gasteiger partial charge on any atom is 0.471 e. The minimum Gasteiger partial charge on any atom is -0.435 e. The minimum absolute atomic E-state index is 0.0982. The van der Waals surface area contributed by atoms with Crippen molar-refractivity contribution in [2.24, 2.45) is 0 Å². The fourth-order valence-corrected chi connectivity index (χ4v) is 2.70. The van der Waals surface area contributed by atoms with Crippen LogP contribution in [0.1, 0.15) is 13.8 Å². The molecule has 0 aromatic carbocycles. The van der Waals surface area contributed by atoms with E-state index in [1.54, 1.807) is 13.8 Å². The van der Waals surface area contributed by atoms with E-state index in [0.717, 1.165) is 0 Å². The van der Waals surface area contributed by atoms with Gasteiger partial charge in [0.2, 0.25) is 0 Å². The van der Waals surface area contributed by atoms with E-state index in [0.29, 0.717) is 0 Å². The number of carbonyl (C=O) groups excluding carboxylic acids is 1. The predicted molar refractivity (Wildman–Crippen MR) is 63.1 cm³/mol. The highest BCUT2D eigenvalue weighted by molar-refractivity contribution is 8.77. The zero-order chi connectivity index (χ0) is 13.5. The summed E-state index contributed by atoms with van der Waals surface area (Å²) in [5.41, 5.74) is 0. The molecule has 17 heavy (non-hydrogen) atoms. The number of ether oxygens (including phenoxy) is 1. The second-order valence-electron chi connectivity index (χ2n) is 3.52. The van der Waals surface area contributed by atoms with Gasteiger partial charge >= 0.3 is 12.1 Å². The molecule has 0 aromatic rings. The molecule has 0 unspecified atom stereocenters. The molecule has 3 nitrogen and oxygen atoms in total. The Labute approximate surface area is 106 Å². The van der Waals surface area contributed by atoms with Crippen LogP contribution in [0.2, 0.25) is 0 Å². The lowest BCUT2D eigenvalue weighted by Gasteiger charge is -2.23. The second kappa shape index (κ2) is 6.91. The highest BCUT2D eigenvalue weighted by Crippen LogP contribution is 2.35. The van der Waals surface area contributed by atoms with Crippen LogP contribution in [-0.4, -0.2) is 29.3 Å². The van der Waals surface area contributed by atoms with Gasteiger partial charge in [0, 0.05) is 11.3 Å². The average Bonchev–Trinajstić information content (AvgIpc) is 2.20. The third kappa shape index (κ3) is 8.10. The Morgan fingerprint density at radius 2 is 2.06 bits per heavy atom. The zero-order valence-electron chi connectivity index (χ0n) is 9.26. The van der Waals surface area contributed by atoms with E-state index in [9.17, 15) is 18.0 Å². The highest BCUT2D eigenvalue weighted by Gasteiger charge is 2.39. The summed E-state index contributed by atoms with van der Waals surface area (Å²) in [7, 11) is 2.55. The van der Waals surface area contributed by atoms with Crippen molar-refractivity contribution in [3.63, 3.8) is 0 Å². The van der Waals surface area contributed by atoms with Gasteiger partial charge in [0.05, 0.1) is 0 Å². The molecule has 98 valence electrons.